The number of nitrogens with one attached hydrogen (secondary N) is 2. The summed E-state index contributed by atoms with van der Waals surface area (Å²) in [6.07, 6.45) is 2.01. The Kier molecular flexibility index (Phi) is 5.86. The lowest BCUT2D eigenvalue weighted by molar-refractivity contribution is -0.121. The monoisotopic (exact) mass is 331 g/mol. The second-order valence-electron chi connectivity index (χ2n) is 7.67. The van der Waals surface area contributed by atoms with E-state index in [-0.39, 0.29) is 23.5 Å². The minimum absolute atomic E-state index is 0.0213. The zero-order chi connectivity index (χ0) is 17.7. The molecule has 1 aliphatic rings. The Hall–Kier alpha value is -2.04. The fourth-order valence-corrected chi connectivity index (χ4v) is 2.91. The van der Waals surface area contributed by atoms with Crippen molar-refractivity contribution >= 4 is 11.9 Å². The molecule has 1 aromatic carbocycles. The third-order valence-corrected chi connectivity index (χ3v) is 4.08. The molecule has 2 N–H and O–H groups in total. The number of likely N-dealkylation sites (tertiary alicyclic amines) is 1. The molecule has 0 aromatic heterocycles. The van der Waals surface area contributed by atoms with Crippen molar-refractivity contribution in [3.05, 3.63) is 35.4 Å². The van der Waals surface area contributed by atoms with Crippen LogP contribution in [0.4, 0.5) is 4.79 Å². The molecule has 0 bridgehead atoms. The average Bonchev–Trinajstić information content (AvgIpc) is 2.46. The maximum Gasteiger partial charge on any atom is 0.317 e. The average molecular weight is 331 g/mol. The number of benzene rings is 1. The van der Waals surface area contributed by atoms with Crippen LogP contribution in [0.25, 0.3) is 0 Å². The van der Waals surface area contributed by atoms with Crippen molar-refractivity contribution in [3.63, 3.8) is 0 Å². The first-order valence-corrected chi connectivity index (χ1v) is 8.65. The van der Waals surface area contributed by atoms with Crippen LogP contribution < -0.4 is 10.6 Å². The highest BCUT2D eigenvalue weighted by Crippen LogP contribution is 2.12. The van der Waals surface area contributed by atoms with Gasteiger partial charge in [-0.2, -0.15) is 0 Å². The summed E-state index contributed by atoms with van der Waals surface area (Å²) in [5, 5.41) is 6.08. The maximum absolute atomic E-state index is 12.2. The Balaban J connectivity index is 1.76. The van der Waals surface area contributed by atoms with Crippen LogP contribution in [0.1, 0.15) is 44.7 Å². The number of amides is 3. The number of hydrogen-bond acceptors (Lipinski definition) is 2. The number of carbonyl (C=O) groups excluding carboxylic acids is 2. The predicted octanol–water partition coefficient (Wildman–Crippen LogP) is 2.63. The van der Waals surface area contributed by atoms with E-state index >= 15 is 0 Å². The van der Waals surface area contributed by atoms with E-state index in [1.807, 2.05) is 56.9 Å². The third kappa shape index (κ3) is 5.87. The first-order chi connectivity index (χ1) is 11.2. The van der Waals surface area contributed by atoms with Crippen molar-refractivity contribution in [2.24, 2.45) is 0 Å². The molecule has 1 aliphatic heterocycles. The fourth-order valence-electron chi connectivity index (χ4n) is 2.91. The standard InChI is InChI=1S/C19H29N3O2/c1-14-6-5-7-15(12-14)13-17(23)20-16-8-10-22(11-9-16)18(24)21-19(2,3)4/h5-7,12,16H,8-11,13H2,1-4H3,(H,20,23)(H,21,24). The van der Waals surface area contributed by atoms with E-state index in [0.717, 1.165) is 18.4 Å². The van der Waals surface area contributed by atoms with E-state index in [1.165, 1.54) is 5.56 Å². The largest absolute Gasteiger partial charge is 0.353 e. The van der Waals surface area contributed by atoms with Crippen molar-refractivity contribution in [2.75, 3.05) is 13.1 Å². The van der Waals surface area contributed by atoms with Gasteiger partial charge in [-0.25, -0.2) is 4.79 Å². The highest BCUT2D eigenvalue weighted by molar-refractivity contribution is 5.79. The first-order valence-electron chi connectivity index (χ1n) is 8.65. The van der Waals surface area contributed by atoms with Gasteiger partial charge in [0.2, 0.25) is 5.91 Å². The van der Waals surface area contributed by atoms with E-state index in [4.69, 9.17) is 0 Å². The van der Waals surface area contributed by atoms with E-state index < -0.39 is 0 Å². The number of aryl methyl sites for hydroxylation is 1. The SMILES string of the molecule is Cc1cccc(CC(=O)NC2CCN(C(=O)NC(C)(C)C)CC2)c1. The van der Waals surface area contributed by atoms with E-state index in [2.05, 4.69) is 10.6 Å². The molecular weight excluding hydrogens is 302 g/mol. The van der Waals surface area contributed by atoms with Gasteiger partial charge in [0.05, 0.1) is 6.42 Å². The molecule has 5 heteroatoms. The van der Waals surface area contributed by atoms with Gasteiger partial charge < -0.3 is 15.5 Å². The summed E-state index contributed by atoms with van der Waals surface area (Å²) in [5.74, 6) is 0.0539. The molecule has 1 aromatic rings. The lowest BCUT2D eigenvalue weighted by Gasteiger charge is -2.34. The van der Waals surface area contributed by atoms with Gasteiger partial charge in [0.1, 0.15) is 0 Å². The summed E-state index contributed by atoms with van der Waals surface area (Å²) >= 11 is 0. The molecule has 1 fully saturated rings. The number of carbonyl (C=O) groups is 2. The molecule has 0 unspecified atom stereocenters. The van der Waals surface area contributed by atoms with Crippen LogP contribution in [-0.2, 0) is 11.2 Å². The lowest BCUT2D eigenvalue weighted by atomic mass is 10.0. The Morgan fingerprint density at radius 3 is 2.46 bits per heavy atom. The van der Waals surface area contributed by atoms with E-state index in [1.54, 1.807) is 0 Å². The zero-order valence-electron chi connectivity index (χ0n) is 15.2. The van der Waals surface area contributed by atoms with Crippen molar-refractivity contribution in [2.45, 2.75) is 58.5 Å². The summed E-state index contributed by atoms with van der Waals surface area (Å²) in [7, 11) is 0. The number of nitrogens with zero attached hydrogens (tertiary/aromatic N) is 1. The van der Waals surface area contributed by atoms with Crippen molar-refractivity contribution in [1.29, 1.82) is 0 Å². The van der Waals surface area contributed by atoms with Crippen LogP contribution in [0.3, 0.4) is 0 Å². The predicted molar refractivity (Wildman–Crippen MR) is 95.9 cm³/mol. The summed E-state index contributed by atoms with van der Waals surface area (Å²) in [6.45, 7) is 9.31. The van der Waals surface area contributed by atoms with Gasteiger partial charge in [0.15, 0.2) is 0 Å². The molecule has 0 radical (unpaired) electrons. The number of hydrogen-bond donors (Lipinski definition) is 2. The molecule has 0 saturated carbocycles. The highest BCUT2D eigenvalue weighted by atomic mass is 16.2. The second-order valence-corrected chi connectivity index (χ2v) is 7.67. The van der Waals surface area contributed by atoms with E-state index in [9.17, 15) is 9.59 Å². The zero-order valence-corrected chi connectivity index (χ0v) is 15.2. The lowest BCUT2D eigenvalue weighted by Crippen LogP contribution is -2.53. The fraction of sp³-hybridized carbons (Fsp3) is 0.579. The van der Waals surface area contributed by atoms with Gasteiger partial charge in [-0.1, -0.05) is 29.8 Å². The number of rotatable bonds is 3. The molecule has 1 heterocycles. The molecule has 24 heavy (non-hydrogen) atoms. The molecule has 0 aliphatic carbocycles. The minimum atomic E-state index is -0.226. The molecule has 5 nitrogen and oxygen atoms in total. The third-order valence-electron chi connectivity index (χ3n) is 4.08. The van der Waals surface area contributed by atoms with Gasteiger partial charge in [0.25, 0.3) is 0 Å². The molecule has 132 valence electrons. The Labute approximate surface area is 144 Å². The molecule has 0 spiro atoms. The molecule has 3 amide bonds. The summed E-state index contributed by atoms with van der Waals surface area (Å²) < 4.78 is 0. The van der Waals surface area contributed by atoms with Crippen molar-refractivity contribution < 1.29 is 9.59 Å². The van der Waals surface area contributed by atoms with Crippen LogP contribution in [-0.4, -0.2) is 41.5 Å². The summed E-state index contributed by atoms with van der Waals surface area (Å²) in [6, 6.07) is 8.16. The Bertz CT molecular complexity index is 585. The number of piperidine rings is 1. The summed E-state index contributed by atoms with van der Waals surface area (Å²) in [4.78, 5) is 26.2. The van der Waals surface area contributed by atoms with Crippen molar-refractivity contribution in [3.8, 4) is 0 Å². The van der Waals surface area contributed by atoms with Crippen LogP contribution in [0.5, 0.6) is 0 Å². The normalized spacial score (nSPS) is 15.9. The maximum atomic E-state index is 12.2. The molecular formula is C19H29N3O2. The van der Waals surface area contributed by atoms with Gasteiger partial charge in [-0.15, -0.1) is 0 Å². The summed E-state index contributed by atoms with van der Waals surface area (Å²) in [5.41, 5.74) is 1.98. The topological polar surface area (TPSA) is 61.4 Å². The number of urea groups is 1. The van der Waals surface area contributed by atoms with Crippen LogP contribution >= 0.6 is 0 Å². The van der Waals surface area contributed by atoms with Crippen LogP contribution in [0.15, 0.2) is 24.3 Å². The molecule has 2 rings (SSSR count). The van der Waals surface area contributed by atoms with Gasteiger partial charge in [-0.05, 0) is 46.1 Å². The smallest absolute Gasteiger partial charge is 0.317 e. The van der Waals surface area contributed by atoms with Crippen LogP contribution in [0.2, 0.25) is 0 Å². The van der Waals surface area contributed by atoms with Crippen molar-refractivity contribution in [1.82, 2.24) is 15.5 Å². The van der Waals surface area contributed by atoms with Gasteiger partial charge in [-0.3, -0.25) is 4.79 Å². The highest BCUT2D eigenvalue weighted by Gasteiger charge is 2.25. The quantitative estimate of drug-likeness (QED) is 0.894. The first kappa shape index (κ1) is 18.3. The Morgan fingerprint density at radius 1 is 1.21 bits per heavy atom. The second kappa shape index (κ2) is 7.69. The van der Waals surface area contributed by atoms with Gasteiger partial charge >= 0.3 is 6.03 Å². The Morgan fingerprint density at radius 2 is 1.88 bits per heavy atom. The van der Waals surface area contributed by atoms with Crippen LogP contribution in [0, 0.1) is 6.92 Å². The molecule has 0 atom stereocenters. The minimum Gasteiger partial charge on any atom is -0.353 e. The van der Waals surface area contributed by atoms with Gasteiger partial charge in [0, 0.05) is 24.7 Å². The molecule has 1 saturated heterocycles. The van der Waals surface area contributed by atoms with E-state index in [0.29, 0.717) is 19.5 Å².